The van der Waals surface area contributed by atoms with E-state index in [4.69, 9.17) is 5.73 Å². The van der Waals surface area contributed by atoms with Crippen molar-refractivity contribution in [3.63, 3.8) is 0 Å². The number of carbonyl (C=O) groups excluding carboxylic acids is 1. The Labute approximate surface area is 83.5 Å². The summed E-state index contributed by atoms with van der Waals surface area (Å²) in [7, 11) is 0. The van der Waals surface area contributed by atoms with Gasteiger partial charge < -0.3 is 10.6 Å². The van der Waals surface area contributed by atoms with Crippen molar-refractivity contribution in [2.45, 2.75) is 19.4 Å². The lowest BCUT2D eigenvalue weighted by Gasteiger charge is -2.21. The van der Waals surface area contributed by atoms with E-state index in [2.05, 4.69) is 6.07 Å². The summed E-state index contributed by atoms with van der Waals surface area (Å²) in [4.78, 5) is 13.4. The zero-order valence-electron chi connectivity index (χ0n) is 8.23. The summed E-state index contributed by atoms with van der Waals surface area (Å²) < 4.78 is 0. The topological polar surface area (TPSA) is 46.3 Å². The molecular formula is C11H14N2O. The average Bonchev–Trinajstić information content (AvgIpc) is 2.53. The number of hydrogen-bond donors (Lipinski definition) is 1. The molecule has 1 aromatic rings. The molecule has 14 heavy (non-hydrogen) atoms. The van der Waals surface area contributed by atoms with Gasteiger partial charge in [-0.2, -0.15) is 0 Å². The normalized spacial score (nSPS) is 19.6. The van der Waals surface area contributed by atoms with Crippen LogP contribution in [0.25, 0.3) is 0 Å². The third-order valence-corrected chi connectivity index (χ3v) is 2.65. The summed E-state index contributed by atoms with van der Waals surface area (Å²) in [5.41, 5.74) is 7.64. The first kappa shape index (κ1) is 9.21. The average molecular weight is 190 g/mol. The number of fused-ring (bicyclic) bond motifs is 1. The highest BCUT2D eigenvalue weighted by atomic mass is 16.2. The van der Waals surface area contributed by atoms with Crippen molar-refractivity contribution in [3.05, 3.63) is 29.8 Å². The number of rotatable bonds is 1. The highest BCUT2D eigenvalue weighted by Gasteiger charge is 2.29. The standard InChI is InChI=1S/C11H14N2O/c1-8-6-9-4-2-3-5-10(9)13(8)11(14)7-12/h2-5,8H,6-7,12H2,1H3. The van der Waals surface area contributed by atoms with Gasteiger partial charge in [-0.05, 0) is 25.0 Å². The van der Waals surface area contributed by atoms with Crippen LogP contribution in [0, 0.1) is 0 Å². The van der Waals surface area contributed by atoms with E-state index >= 15 is 0 Å². The smallest absolute Gasteiger partial charge is 0.240 e. The number of nitrogens with zero attached hydrogens (tertiary/aromatic N) is 1. The van der Waals surface area contributed by atoms with Gasteiger partial charge in [0.15, 0.2) is 0 Å². The number of anilines is 1. The third kappa shape index (κ3) is 1.30. The van der Waals surface area contributed by atoms with Crippen LogP contribution in [0.1, 0.15) is 12.5 Å². The maximum absolute atomic E-state index is 11.6. The van der Waals surface area contributed by atoms with Crippen LogP contribution in [0.5, 0.6) is 0 Å². The van der Waals surface area contributed by atoms with Crippen LogP contribution >= 0.6 is 0 Å². The molecule has 74 valence electrons. The zero-order valence-corrected chi connectivity index (χ0v) is 8.23. The maximum atomic E-state index is 11.6. The van der Waals surface area contributed by atoms with Gasteiger partial charge in [-0.25, -0.2) is 0 Å². The van der Waals surface area contributed by atoms with E-state index in [0.717, 1.165) is 12.1 Å². The van der Waals surface area contributed by atoms with E-state index in [0.29, 0.717) is 0 Å². The first-order valence-electron chi connectivity index (χ1n) is 4.84. The van der Waals surface area contributed by atoms with Crippen molar-refractivity contribution in [2.75, 3.05) is 11.4 Å². The molecule has 0 aromatic heterocycles. The molecule has 0 spiro atoms. The van der Waals surface area contributed by atoms with Crippen molar-refractivity contribution < 1.29 is 4.79 Å². The van der Waals surface area contributed by atoms with Gasteiger partial charge >= 0.3 is 0 Å². The highest BCUT2D eigenvalue weighted by molar-refractivity contribution is 5.97. The zero-order chi connectivity index (χ0) is 10.1. The van der Waals surface area contributed by atoms with Gasteiger partial charge in [0.1, 0.15) is 0 Å². The van der Waals surface area contributed by atoms with E-state index < -0.39 is 0 Å². The molecule has 1 aromatic carbocycles. The second-order valence-electron chi connectivity index (χ2n) is 3.65. The fourth-order valence-corrected chi connectivity index (χ4v) is 2.04. The Balaban J connectivity index is 2.39. The molecule has 0 aliphatic carbocycles. The van der Waals surface area contributed by atoms with Crippen LogP contribution in [0.3, 0.4) is 0 Å². The SMILES string of the molecule is CC1Cc2ccccc2N1C(=O)CN. The number of amides is 1. The van der Waals surface area contributed by atoms with Crippen LogP contribution < -0.4 is 10.6 Å². The van der Waals surface area contributed by atoms with E-state index in [1.165, 1.54) is 5.56 Å². The molecule has 1 amide bonds. The minimum Gasteiger partial charge on any atom is -0.322 e. The van der Waals surface area contributed by atoms with Gasteiger partial charge in [-0.3, -0.25) is 4.79 Å². The Kier molecular flexibility index (Phi) is 2.25. The molecule has 3 heteroatoms. The Morgan fingerprint density at radius 3 is 3.00 bits per heavy atom. The summed E-state index contributed by atoms with van der Waals surface area (Å²) in [6.45, 7) is 2.13. The van der Waals surface area contributed by atoms with Crippen molar-refractivity contribution in [3.8, 4) is 0 Å². The second-order valence-corrected chi connectivity index (χ2v) is 3.65. The molecule has 1 heterocycles. The molecule has 3 nitrogen and oxygen atoms in total. The number of para-hydroxylation sites is 1. The first-order chi connectivity index (χ1) is 6.74. The number of hydrogen-bond acceptors (Lipinski definition) is 2. The van der Waals surface area contributed by atoms with E-state index in [1.54, 1.807) is 4.90 Å². The Morgan fingerprint density at radius 1 is 1.57 bits per heavy atom. The molecular weight excluding hydrogens is 176 g/mol. The Bertz CT molecular complexity index is 362. The van der Waals surface area contributed by atoms with Gasteiger partial charge in [0.2, 0.25) is 5.91 Å². The molecule has 0 saturated heterocycles. The lowest BCUT2D eigenvalue weighted by Crippen LogP contribution is -2.39. The van der Waals surface area contributed by atoms with Gasteiger partial charge in [-0.15, -0.1) is 0 Å². The van der Waals surface area contributed by atoms with Gasteiger partial charge in [-0.1, -0.05) is 18.2 Å². The molecule has 1 aliphatic rings. The molecule has 0 saturated carbocycles. The highest BCUT2D eigenvalue weighted by Crippen LogP contribution is 2.31. The van der Waals surface area contributed by atoms with Crippen LogP contribution in [-0.4, -0.2) is 18.5 Å². The second kappa shape index (κ2) is 3.42. The van der Waals surface area contributed by atoms with Crippen LogP contribution in [0.2, 0.25) is 0 Å². The first-order valence-corrected chi connectivity index (χ1v) is 4.84. The lowest BCUT2D eigenvalue weighted by molar-refractivity contribution is -0.117. The number of benzene rings is 1. The van der Waals surface area contributed by atoms with Gasteiger partial charge in [0, 0.05) is 11.7 Å². The molecule has 0 bridgehead atoms. The molecule has 0 fully saturated rings. The summed E-state index contributed by atoms with van der Waals surface area (Å²) in [6.07, 6.45) is 0.932. The summed E-state index contributed by atoms with van der Waals surface area (Å²) in [5.74, 6) is 0.00227. The van der Waals surface area contributed by atoms with Crippen molar-refractivity contribution in [1.29, 1.82) is 0 Å². The number of nitrogens with two attached hydrogens (primary N) is 1. The summed E-state index contributed by atoms with van der Waals surface area (Å²) >= 11 is 0. The fraction of sp³-hybridized carbons (Fsp3) is 0.364. The van der Waals surface area contributed by atoms with Crippen molar-refractivity contribution >= 4 is 11.6 Å². The maximum Gasteiger partial charge on any atom is 0.240 e. The van der Waals surface area contributed by atoms with Crippen molar-refractivity contribution in [2.24, 2.45) is 5.73 Å². The minimum absolute atomic E-state index is 0.00227. The van der Waals surface area contributed by atoms with Crippen LogP contribution in [-0.2, 0) is 11.2 Å². The van der Waals surface area contributed by atoms with E-state index in [9.17, 15) is 4.79 Å². The quantitative estimate of drug-likeness (QED) is 0.716. The summed E-state index contributed by atoms with van der Waals surface area (Å²) in [6, 6.07) is 8.24. The molecule has 1 aliphatic heterocycles. The predicted octanol–water partition coefficient (Wildman–Crippen LogP) is 0.923. The Morgan fingerprint density at radius 2 is 2.29 bits per heavy atom. The fourth-order valence-electron chi connectivity index (χ4n) is 2.04. The van der Waals surface area contributed by atoms with Crippen LogP contribution in [0.15, 0.2) is 24.3 Å². The molecule has 1 atom stereocenters. The van der Waals surface area contributed by atoms with E-state index in [-0.39, 0.29) is 18.5 Å². The summed E-state index contributed by atoms with van der Waals surface area (Å²) in [5, 5.41) is 0. The van der Waals surface area contributed by atoms with Crippen LogP contribution in [0.4, 0.5) is 5.69 Å². The number of carbonyl (C=O) groups is 1. The minimum atomic E-state index is 0.00227. The van der Waals surface area contributed by atoms with Crippen molar-refractivity contribution in [1.82, 2.24) is 0 Å². The Hall–Kier alpha value is -1.35. The molecule has 2 rings (SSSR count). The molecule has 0 radical (unpaired) electrons. The molecule has 1 unspecified atom stereocenters. The molecule has 2 N–H and O–H groups in total. The third-order valence-electron chi connectivity index (χ3n) is 2.65. The van der Waals surface area contributed by atoms with Gasteiger partial charge in [0.05, 0.1) is 6.54 Å². The monoisotopic (exact) mass is 190 g/mol. The van der Waals surface area contributed by atoms with E-state index in [1.807, 2.05) is 25.1 Å². The van der Waals surface area contributed by atoms with Gasteiger partial charge in [0.25, 0.3) is 0 Å². The predicted molar refractivity (Wildman–Crippen MR) is 56.1 cm³/mol. The lowest BCUT2D eigenvalue weighted by atomic mass is 10.1. The largest absolute Gasteiger partial charge is 0.322 e.